The average molecular weight is 651 g/mol. The number of amides is 2. The number of carbonyl (C=O) groups excluding carboxylic acids is 2. The maximum atomic E-state index is 13.6. The lowest BCUT2D eigenvalue weighted by Gasteiger charge is -2.18. The number of furan rings is 1. The van der Waals surface area contributed by atoms with Crippen molar-refractivity contribution in [2.24, 2.45) is 5.92 Å². The van der Waals surface area contributed by atoms with Crippen LogP contribution in [-0.4, -0.2) is 37.1 Å². The molecule has 238 valence electrons. The monoisotopic (exact) mass is 650 g/mol. The molecule has 5 aromatic rings. The van der Waals surface area contributed by atoms with Crippen molar-refractivity contribution >= 4 is 38.6 Å². The van der Waals surface area contributed by atoms with Gasteiger partial charge in [-0.05, 0) is 84.6 Å². The van der Waals surface area contributed by atoms with Gasteiger partial charge in [0.05, 0.1) is 11.3 Å². The molecule has 0 saturated carbocycles. The van der Waals surface area contributed by atoms with E-state index in [-0.39, 0.29) is 30.9 Å². The van der Waals surface area contributed by atoms with Crippen LogP contribution in [0, 0.1) is 5.92 Å². The first-order chi connectivity index (χ1) is 21.8. The lowest BCUT2D eigenvalue weighted by molar-refractivity contribution is -0.137. The van der Waals surface area contributed by atoms with E-state index in [4.69, 9.17) is 8.97 Å². The van der Waals surface area contributed by atoms with E-state index in [1.165, 1.54) is 24.3 Å². The summed E-state index contributed by atoms with van der Waals surface area (Å²) in [5.74, 6) is -1.51. The van der Waals surface area contributed by atoms with Crippen molar-refractivity contribution in [1.82, 2.24) is 5.32 Å². The van der Waals surface area contributed by atoms with Crippen LogP contribution < -0.4 is 10.6 Å². The van der Waals surface area contributed by atoms with Gasteiger partial charge in [-0.15, -0.1) is 0 Å². The highest BCUT2D eigenvalue weighted by molar-refractivity contribution is 7.85. The van der Waals surface area contributed by atoms with E-state index in [9.17, 15) is 31.2 Å². The summed E-state index contributed by atoms with van der Waals surface area (Å²) >= 11 is 0. The molecule has 1 heterocycles. The highest BCUT2D eigenvalue weighted by Crippen LogP contribution is 2.31. The molecule has 12 heteroatoms. The highest BCUT2D eigenvalue weighted by Gasteiger charge is 2.30. The van der Waals surface area contributed by atoms with Gasteiger partial charge in [0.15, 0.2) is 0 Å². The Balaban J connectivity index is 1.30. The van der Waals surface area contributed by atoms with Crippen LogP contribution in [-0.2, 0) is 33.9 Å². The molecule has 4 aromatic carbocycles. The van der Waals surface area contributed by atoms with Crippen molar-refractivity contribution < 1.29 is 40.1 Å². The topological polar surface area (TPSA) is 126 Å². The van der Waals surface area contributed by atoms with Crippen LogP contribution in [0.4, 0.5) is 18.9 Å². The molecule has 3 N–H and O–H groups in total. The van der Waals surface area contributed by atoms with Crippen molar-refractivity contribution in [3.8, 4) is 11.3 Å². The Morgan fingerprint density at radius 1 is 0.826 bits per heavy atom. The second-order valence-corrected chi connectivity index (χ2v) is 12.3. The third-order valence-electron chi connectivity index (χ3n) is 7.34. The van der Waals surface area contributed by atoms with Gasteiger partial charge >= 0.3 is 6.18 Å². The molecule has 5 rings (SSSR count). The van der Waals surface area contributed by atoms with E-state index in [1.807, 2.05) is 42.5 Å². The number of fused-ring (bicyclic) bond motifs is 1. The molecule has 0 spiro atoms. The molecule has 1 atom stereocenters. The number of nitrogens with one attached hydrogen (secondary N) is 2. The van der Waals surface area contributed by atoms with Crippen LogP contribution >= 0.6 is 0 Å². The maximum Gasteiger partial charge on any atom is 0.416 e. The molecule has 1 unspecified atom stereocenters. The normalized spacial score (nSPS) is 12.5. The van der Waals surface area contributed by atoms with E-state index < -0.39 is 39.4 Å². The number of hydrogen-bond acceptors (Lipinski definition) is 5. The molecule has 0 radical (unpaired) electrons. The predicted molar refractivity (Wildman–Crippen MR) is 168 cm³/mol. The van der Waals surface area contributed by atoms with Gasteiger partial charge in [-0.3, -0.25) is 14.1 Å². The Bertz CT molecular complexity index is 1900. The smallest absolute Gasteiger partial charge is 0.416 e. The fourth-order valence-electron chi connectivity index (χ4n) is 4.93. The zero-order valence-electron chi connectivity index (χ0n) is 24.3. The van der Waals surface area contributed by atoms with Crippen LogP contribution in [0.5, 0.6) is 0 Å². The van der Waals surface area contributed by atoms with Crippen molar-refractivity contribution in [2.75, 3.05) is 17.6 Å². The largest absolute Gasteiger partial charge is 0.456 e. The minimum Gasteiger partial charge on any atom is -0.456 e. The second kappa shape index (κ2) is 13.6. The Morgan fingerprint density at radius 2 is 1.43 bits per heavy atom. The highest BCUT2D eigenvalue weighted by atomic mass is 32.2. The van der Waals surface area contributed by atoms with Crippen molar-refractivity contribution in [3.05, 3.63) is 125 Å². The number of halogens is 3. The number of anilines is 1. The molecule has 46 heavy (non-hydrogen) atoms. The van der Waals surface area contributed by atoms with E-state index >= 15 is 0 Å². The molecular weight excluding hydrogens is 621 g/mol. The summed E-state index contributed by atoms with van der Waals surface area (Å²) < 4.78 is 75.8. The third-order valence-corrected chi connectivity index (χ3v) is 8.06. The van der Waals surface area contributed by atoms with Gasteiger partial charge in [-0.25, -0.2) is 0 Å². The predicted octanol–water partition coefficient (Wildman–Crippen LogP) is 6.78. The number of para-hydroxylation sites is 1. The molecule has 0 aliphatic rings. The standard InChI is InChI=1S/C34H29F3N2O6S/c35-34(36,37)28-13-7-23(8-14-28)20-27(19-22-5-9-25(10-6-22)32(40)38-17-18-46(42,43)44)33(41)39-29-15-11-24(12-16-29)31-21-26-3-1-2-4-30(26)45-31/h1-16,21,27H,17-20H2,(H,38,40)(H,39,41)(H,42,43,44). The lowest BCUT2D eigenvalue weighted by atomic mass is 9.91. The van der Waals surface area contributed by atoms with Gasteiger partial charge in [0, 0.05) is 34.7 Å². The molecular formula is C34H29F3N2O6S. The van der Waals surface area contributed by atoms with Crippen LogP contribution in [0.2, 0.25) is 0 Å². The molecule has 2 amide bonds. The summed E-state index contributed by atoms with van der Waals surface area (Å²) in [6.45, 7) is -0.270. The van der Waals surface area contributed by atoms with E-state index in [1.54, 1.807) is 24.3 Å². The van der Waals surface area contributed by atoms with E-state index in [2.05, 4.69) is 10.6 Å². The number of carbonyl (C=O) groups is 2. The van der Waals surface area contributed by atoms with Crippen LogP contribution in [0.25, 0.3) is 22.3 Å². The lowest BCUT2D eigenvalue weighted by Crippen LogP contribution is -2.29. The van der Waals surface area contributed by atoms with Crippen molar-refractivity contribution in [2.45, 2.75) is 19.0 Å². The summed E-state index contributed by atoms with van der Waals surface area (Å²) in [4.78, 5) is 25.9. The van der Waals surface area contributed by atoms with Crippen LogP contribution in [0.3, 0.4) is 0 Å². The Labute approximate surface area is 263 Å². The van der Waals surface area contributed by atoms with Crippen LogP contribution in [0.15, 0.2) is 108 Å². The fraction of sp³-hybridized carbons (Fsp3) is 0.176. The molecule has 0 aliphatic heterocycles. The molecule has 0 aliphatic carbocycles. The second-order valence-electron chi connectivity index (χ2n) is 10.8. The zero-order valence-corrected chi connectivity index (χ0v) is 25.1. The van der Waals surface area contributed by atoms with Gasteiger partial charge < -0.3 is 15.1 Å². The van der Waals surface area contributed by atoms with E-state index in [0.29, 0.717) is 22.6 Å². The molecule has 1 aromatic heterocycles. The third kappa shape index (κ3) is 8.61. The Kier molecular flexibility index (Phi) is 9.59. The average Bonchev–Trinajstić information content (AvgIpc) is 3.45. The van der Waals surface area contributed by atoms with Gasteiger partial charge in [0.25, 0.3) is 16.0 Å². The zero-order chi connectivity index (χ0) is 32.9. The summed E-state index contributed by atoms with van der Waals surface area (Å²) in [7, 11) is -4.22. The summed E-state index contributed by atoms with van der Waals surface area (Å²) in [6.07, 6.45) is -4.11. The molecule has 0 saturated heterocycles. The summed E-state index contributed by atoms with van der Waals surface area (Å²) in [6, 6.07) is 27.7. The molecule has 8 nitrogen and oxygen atoms in total. The minimum atomic E-state index is -4.48. The SMILES string of the molecule is O=C(NCCS(=O)(=O)O)c1ccc(CC(Cc2ccc(C(F)(F)F)cc2)C(=O)Nc2ccc(-c3cc4ccccc4o3)cc2)cc1. The maximum absolute atomic E-state index is 13.6. The van der Waals surface area contributed by atoms with Gasteiger partial charge in [-0.2, -0.15) is 21.6 Å². The number of rotatable bonds is 11. The van der Waals surface area contributed by atoms with Crippen LogP contribution in [0.1, 0.15) is 27.0 Å². The first kappa shape index (κ1) is 32.5. The number of alkyl halides is 3. The summed E-state index contributed by atoms with van der Waals surface area (Å²) in [5, 5.41) is 6.27. The molecule has 0 fully saturated rings. The fourth-order valence-corrected chi connectivity index (χ4v) is 5.29. The Hall–Kier alpha value is -4.94. The van der Waals surface area contributed by atoms with Gasteiger partial charge in [0.2, 0.25) is 5.91 Å². The Morgan fingerprint density at radius 3 is 2.02 bits per heavy atom. The number of benzene rings is 4. The van der Waals surface area contributed by atoms with Gasteiger partial charge in [-0.1, -0.05) is 42.5 Å². The van der Waals surface area contributed by atoms with Crippen molar-refractivity contribution in [1.29, 1.82) is 0 Å². The van der Waals surface area contributed by atoms with Gasteiger partial charge in [0.1, 0.15) is 11.3 Å². The first-order valence-corrected chi connectivity index (χ1v) is 15.8. The van der Waals surface area contributed by atoms with Crippen molar-refractivity contribution in [3.63, 3.8) is 0 Å². The summed E-state index contributed by atoms with van der Waals surface area (Å²) in [5.41, 5.74) is 2.80. The quantitative estimate of drug-likeness (QED) is 0.135. The minimum absolute atomic E-state index is 0.152. The van der Waals surface area contributed by atoms with E-state index in [0.717, 1.165) is 28.7 Å². The number of hydrogen-bond donors (Lipinski definition) is 3. The molecule has 0 bridgehead atoms. The first-order valence-electron chi connectivity index (χ1n) is 14.2.